The highest BCUT2D eigenvalue weighted by Gasteiger charge is 2.05. The Balaban J connectivity index is 1.95. The first kappa shape index (κ1) is 12.1. The van der Waals surface area contributed by atoms with Gasteiger partial charge in [-0.3, -0.25) is 4.79 Å². The molecule has 2 aromatic rings. The predicted octanol–water partition coefficient (Wildman–Crippen LogP) is 3.15. The number of hydrogen-bond acceptors (Lipinski definition) is 3. The van der Waals surface area contributed by atoms with E-state index in [0.29, 0.717) is 12.1 Å². The number of amides is 1. The minimum atomic E-state index is -0.144. The molecule has 0 bridgehead atoms. The van der Waals surface area contributed by atoms with Crippen LogP contribution in [0.1, 0.15) is 15.2 Å². The number of carbonyl (C=O) groups excluding carboxylic acids is 1. The van der Waals surface area contributed by atoms with E-state index in [1.165, 1.54) is 12.1 Å². The third-order valence-corrected chi connectivity index (χ3v) is 3.81. The Labute approximate surface area is 111 Å². The molecule has 1 aromatic heterocycles. The second-order valence-corrected chi connectivity index (χ2v) is 5.98. The smallest absolute Gasteiger partial charge is 0.251 e. The van der Waals surface area contributed by atoms with E-state index in [4.69, 9.17) is 5.11 Å². The Kier molecular flexibility index (Phi) is 3.81. The van der Waals surface area contributed by atoms with Gasteiger partial charge in [-0.05, 0) is 52.3 Å². The summed E-state index contributed by atoms with van der Waals surface area (Å²) in [4.78, 5) is 12.8. The lowest BCUT2D eigenvalue weighted by atomic mass is 10.2. The molecule has 0 saturated carbocycles. The molecule has 17 heavy (non-hydrogen) atoms. The largest absolute Gasteiger partial charge is 0.508 e. The lowest BCUT2D eigenvalue weighted by molar-refractivity contribution is 0.0951. The van der Waals surface area contributed by atoms with Crippen molar-refractivity contribution in [1.29, 1.82) is 0 Å². The molecular weight excluding hydrogens is 302 g/mol. The van der Waals surface area contributed by atoms with Crippen LogP contribution in [-0.4, -0.2) is 11.0 Å². The molecule has 2 rings (SSSR count). The van der Waals surface area contributed by atoms with Crippen LogP contribution < -0.4 is 5.32 Å². The second kappa shape index (κ2) is 5.33. The lowest BCUT2D eigenvalue weighted by Crippen LogP contribution is -2.22. The third kappa shape index (κ3) is 3.31. The van der Waals surface area contributed by atoms with Gasteiger partial charge >= 0.3 is 0 Å². The fraction of sp³-hybridized carbons (Fsp3) is 0.0833. The van der Waals surface area contributed by atoms with Gasteiger partial charge in [-0.25, -0.2) is 0 Å². The van der Waals surface area contributed by atoms with E-state index < -0.39 is 0 Å². The average Bonchev–Trinajstić information content (AvgIpc) is 2.73. The first-order valence-electron chi connectivity index (χ1n) is 4.96. The van der Waals surface area contributed by atoms with Gasteiger partial charge in [-0.1, -0.05) is 0 Å². The Morgan fingerprint density at radius 3 is 2.53 bits per heavy atom. The second-order valence-electron chi connectivity index (χ2n) is 3.44. The predicted molar refractivity (Wildman–Crippen MR) is 71.3 cm³/mol. The Morgan fingerprint density at radius 1 is 1.24 bits per heavy atom. The lowest BCUT2D eigenvalue weighted by Gasteiger charge is -2.03. The van der Waals surface area contributed by atoms with Crippen LogP contribution in [0.2, 0.25) is 0 Å². The van der Waals surface area contributed by atoms with Crippen LogP contribution >= 0.6 is 27.3 Å². The van der Waals surface area contributed by atoms with E-state index in [0.717, 1.165) is 8.66 Å². The summed E-state index contributed by atoms with van der Waals surface area (Å²) in [6, 6.07) is 10.1. The zero-order chi connectivity index (χ0) is 12.3. The highest BCUT2D eigenvalue weighted by Crippen LogP contribution is 2.21. The average molecular weight is 312 g/mol. The van der Waals surface area contributed by atoms with Gasteiger partial charge in [0.2, 0.25) is 0 Å². The summed E-state index contributed by atoms with van der Waals surface area (Å²) in [5, 5.41) is 11.9. The molecule has 0 atom stereocenters. The van der Waals surface area contributed by atoms with Crippen molar-refractivity contribution in [2.24, 2.45) is 0 Å². The number of hydrogen-bond donors (Lipinski definition) is 2. The zero-order valence-electron chi connectivity index (χ0n) is 8.81. The molecular formula is C12H10BrNO2S. The van der Waals surface area contributed by atoms with Gasteiger partial charge < -0.3 is 10.4 Å². The summed E-state index contributed by atoms with van der Waals surface area (Å²) in [5.74, 6) is 0.0123. The van der Waals surface area contributed by atoms with Crippen molar-refractivity contribution in [2.45, 2.75) is 6.54 Å². The first-order chi connectivity index (χ1) is 8.15. The normalized spacial score (nSPS) is 10.2. The minimum Gasteiger partial charge on any atom is -0.508 e. The number of aromatic hydroxyl groups is 1. The number of nitrogens with one attached hydrogen (secondary N) is 1. The van der Waals surface area contributed by atoms with Crippen molar-refractivity contribution in [2.75, 3.05) is 0 Å². The highest BCUT2D eigenvalue weighted by molar-refractivity contribution is 9.11. The van der Waals surface area contributed by atoms with E-state index in [2.05, 4.69) is 21.2 Å². The molecule has 0 radical (unpaired) electrons. The quantitative estimate of drug-likeness (QED) is 0.915. The summed E-state index contributed by atoms with van der Waals surface area (Å²) in [5.41, 5.74) is 0.540. The number of halogens is 1. The van der Waals surface area contributed by atoms with Crippen LogP contribution in [0.15, 0.2) is 40.2 Å². The molecule has 88 valence electrons. The van der Waals surface area contributed by atoms with E-state index >= 15 is 0 Å². The monoisotopic (exact) mass is 311 g/mol. The SMILES string of the molecule is O=C(NCc1ccc(Br)s1)c1ccc(O)cc1. The minimum absolute atomic E-state index is 0.144. The summed E-state index contributed by atoms with van der Waals surface area (Å²) >= 11 is 4.96. The van der Waals surface area contributed by atoms with Gasteiger partial charge in [0.25, 0.3) is 5.91 Å². The van der Waals surface area contributed by atoms with Gasteiger partial charge in [0, 0.05) is 10.4 Å². The van der Waals surface area contributed by atoms with Crippen molar-refractivity contribution >= 4 is 33.2 Å². The van der Waals surface area contributed by atoms with Gasteiger partial charge in [0.15, 0.2) is 0 Å². The van der Waals surface area contributed by atoms with Crippen molar-refractivity contribution < 1.29 is 9.90 Å². The molecule has 0 unspecified atom stereocenters. The fourth-order valence-electron chi connectivity index (χ4n) is 1.33. The molecule has 0 saturated heterocycles. The number of carbonyl (C=O) groups is 1. The van der Waals surface area contributed by atoms with Crippen LogP contribution in [0.25, 0.3) is 0 Å². The highest BCUT2D eigenvalue weighted by atomic mass is 79.9. The van der Waals surface area contributed by atoms with Gasteiger partial charge in [0.1, 0.15) is 5.75 Å². The Morgan fingerprint density at radius 2 is 1.94 bits per heavy atom. The van der Waals surface area contributed by atoms with E-state index in [-0.39, 0.29) is 11.7 Å². The van der Waals surface area contributed by atoms with Crippen molar-refractivity contribution in [3.8, 4) is 5.75 Å². The molecule has 0 spiro atoms. The number of benzene rings is 1. The first-order valence-corrected chi connectivity index (χ1v) is 6.57. The maximum Gasteiger partial charge on any atom is 0.251 e. The summed E-state index contributed by atoms with van der Waals surface area (Å²) < 4.78 is 1.05. The molecule has 2 N–H and O–H groups in total. The summed E-state index contributed by atoms with van der Waals surface area (Å²) in [6.45, 7) is 0.510. The van der Waals surface area contributed by atoms with Crippen LogP contribution in [0.4, 0.5) is 0 Å². The molecule has 5 heteroatoms. The Bertz CT molecular complexity index is 522. The molecule has 0 aliphatic rings. The van der Waals surface area contributed by atoms with Crippen molar-refractivity contribution in [1.82, 2.24) is 5.32 Å². The zero-order valence-corrected chi connectivity index (χ0v) is 11.2. The standard InChI is InChI=1S/C12H10BrNO2S/c13-11-6-5-10(17-11)7-14-12(16)8-1-3-9(15)4-2-8/h1-6,15H,7H2,(H,14,16). The maximum atomic E-state index is 11.7. The van der Waals surface area contributed by atoms with E-state index in [9.17, 15) is 4.79 Å². The molecule has 0 aliphatic carbocycles. The molecule has 3 nitrogen and oxygen atoms in total. The van der Waals surface area contributed by atoms with Crippen LogP contribution in [-0.2, 0) is 6.54 Å². The molecule has 0 fully saturated rings. The number of rotatable bonds is 3. The summed E-state index contributed by atoms with van der Waals surface area (Å²) in [7, 11) is 0. The topological polar surface area (TPSA) is 49.3 Å². The van der Waals surface area contributed by atoms with E-state index in [1.54, 1.807) is 23.5 Å². The van der Waals surface area contributed by atoms with Gasteiger partial charge in [-0.15, -0.1) is 11.3 Å². The van der Waals surface area contributed by atoms with Gasteiger partial charge in [-0.2, -0.15) is 0 Å². The third-order valence-electron chi connectivity index (χ3n) is 2.18. The van der Waals surface area contributed by atoms with Crippen LogP contribution in [0.5, 0.6) is 5.75 Å². The Hall–Kier alpha value is -1.33. The molecule has 1 heterocycles. The van der Waals surface area contributed by atoms with Gasteiger partial charge in [0.05, 0.1) is 10.3 Å². The fourth-order valence-corrected chi connectivity index (χ4v) is 2.75. The molecule has 1 amide bonds. The van der Waals surface area contributed by atoms with Crippen LogP contribution in [0, 0.1) is 0 Å². The molecule has 0 aliphatic heterocycles. The molecule has 1 aromatic carbocycles. The van der Waals surface area contributed by atoms with E-state index in [1.807, 2.05) is 12.1 Å². The van der Waals surface area contributed by atoms with Crippen LogP contribution in [0.3, 0.4) is 0 Å². The number of phenolic OH excluding ortho intramolecular Hbond substituents is 1. The van der Waals surface area contributed by atoms with Crippen molar-refractivity contribution in [3.05, 3.63) is 50.6 Å². The van der Waals surface area contributed by atoms with Crippen molar-refractivity contribution in [3.63, 3.8) is 0 Å². The number of phenols is 1. The maximum absolute atomic E-state index is 11.7. The number of thiophene rings is 1. The summed E-state index contributed by atoms with van der Waals surface area (Å²) in [6.07, 6.45) is 0.